The Morgan fingerprint density at radius 1 is 1.14 bits per heavy atom. The van der Waals surface area contributed by atoms with Crippen LogP contribution in [0.5, 0.6) is 11.5 Å². The third-order valence-corrected chi connectivity index (χ3v) is 4.12. The summed E-state index contributed by atoms with van der Waals surface area (Å²) in [6.07, 6.45) is 3.26. The molecule has 0 atom stereocenters. The second-order valence-electron chi connectivity index (χ2n) is 5.17. The van der Waals surface area contributed by atoms with E-state index in [0.717, 1.165) is 30.7 Å². The maximum Gasteiger partial charge on any atom is 0.126 e. The van der Waals surface area contributed by atoms with Crippen LogP contribution in [0.4, 0.5) is 5.69 Å². The number of rotatable bonds is 3. The van der Waals surface area contributed by atoms with Gasteiger partial charge in [0, 0.05) is 5.69 Å². The molecule has 1 aliphatic carbocycles. The first-order valence-corrected chi connectivity index (χ1v) is 7.38. The average molecular weight is 299 g/mol. The highest BCUT2D eigenvalue weighted by Crippen LogP contribution is 2.30. The Kier molecular flexibility index (Phi) is 3.80. The number of phenolic OH excluding ortho intramolecular Hbond substituents is 1. The maximum absolute atomic E-state index is 10.2. The zero-order valence-electron chi connectivity index (χ0n) is 11.8. The summed E-state index contributed by atoms with van der Waals surface area (Å²) < 4.78 is 5.13. The Morgan fingerprint density at radius 2 is 1.81 bits per heavy atom. The molecule has 3 nitrogen and oxygen atoms in total. The van der Waals surface area contributed by atoms with Gasteiger partial charge < -0.3 is 15.2 Å². The van der Waals surface area contributed by atoms with Crippen LogP contribution < -0.4 is 10.1 Å². The monoisotopic (exact) mass is 299 g/mol. The van der Waals surface area contributed by atoms with E-state index >= 15 is 0 Å². The summed E-state index contributed by atoms with van der Waals surface area (Å²) in [6, 6.07) is 11.4. The minimum Gasteiger partial charge on any atom is -0.507 e. The summed E-state index contributed by atoms with van der Waals surface area (Å²) in [5.41, 5.74) is 4.10. The van der Waals surface area contributed by atoms with Crippen LogP contribution in [0.1, 0.15) is 23.1 Å². The summed E-state index contributed by atoms with van der Waals surface area (Å²) in [6.45, 7) is 0. The highest BCUT2D eigenvalue weighted by atomic mass is 32.1. The number of benzene rings is 2. The van der Waals surface area contributed by atoms with Crippen LogP contribution in [-0.2, 0) is 12.8 Å². The summed E-state index contributed by atoms with van der Waals surface area (Å²) in [7, 11) is 1.63. The molecule has 0 unspecified atom stereocenters. The number of phenols is 1. The number of hydrogen-bond donors (Lipinski definition) is 2. The molecule has 3 rings (SSSR count). The first-order chi connectivity index (χ1) is 10.2. The lowest BCUT2D eigenvalue weighted by molar-refractivity contribution is 0.415. The number of aromatic hydroxyl groups is 1. The van der Waals surface area contributed by atoms with Gasteiger partial charge in [-0.1, -0.05) is 12.2 Å². The number of hydrogen-bond acceptors (Lipinski definition) is 3. The van der Waals surface area contributed by atoms with Crippen LogP contribution in [0.15, 0.2) is 36.4 Å². The van der Waals surface area contributed by atoms with Gasteiger partial charge in [0.15, 0.2) is 0 Å². The summed E-state index contributed by atoms with van der Waals surface area (Å²) in [4.78, 5) is 0.535. The van der Waals surface area contributed by atoms with Gasteiger partial charge in [-0.3, -0.25) is 0 Å². The van der Waals surface area contributed by atoms with E-state index in [1.165, 1.54) is 11.1 Å². The topological polar surface area (TPSA) is 41.5 Å². The summed E-state index contributed by atoms with van der Waals surface area (Å²) >= 11 is 5.42. The number of aryl methyl sites for hydroxylation is 2. The van der Waals surface area contributed by atoms with Crippen LogP contribution in [-0.4, -0.2) is 17.2 Å². The van der Waals surface area contributed by atoms with E-state index < -0.39 is 0 Å². The zero-order chi connectivity index (χ0) is 14.8. The Bertz CT molecular complexity index is 680. The minimum absolute atomic E-state index is 0.252. The van der Waals surface area contributed by atoms with Crippen LogP contribution in [0.3, 0.4) is 0 Å². The molecule has 0 radical (unpaired) electrons. The second-order valence-corrected chi connectivity index (χ2v) is 5.58. The van der Waals surface area contributed by atoms with Crippen LogP contribution in [0.2, 0.25) is 0 Å². The summed E-state index contributed by atoms with van der Waals surface area (Å²) in [5, 5.41) is 13.3. The maximum atomic E-state index is 10.2. The number of nitrogens with one attached hydrogen (secondary N) is 1. The standard InChI is InChI=1S/C17H17NO2S/c1-20-14-7-5-13(6-8-14)18-17(21)15-9-11-3-2-4-12(11)10-16(15)19/h5-10,19H,2-4H2,1H3,(H,18,21). The van der Waals surface area contributed by atoms with Gasteiger partial charge in [0.05, 0.1) is 12.7 Å². The Balaban J connectivity index is 1.81. The van der Waals surface area contributed by atoms with E-state index in [1.807, 2.05) is 36.4 Å². The van der Waals surface area contributed by atoms with Gasteiger partial charge >= 0.3 is 0 Å². The van der Waals surface area contributed by atoms with E-state index in [2.05, 4.69) is 5.32 Å². The molecular formula is C17H17NO2S. The number of ether oxygens (including phenoxy) is 1. The van der Waals surface area contributed by atoms with Crippen molar-refractivity contribution in [2.45, 2.75) is 19.3 Å². The molecular weight excluding hydrogens is 282 g/mol. The predicted octanol–water partition coefficient (Wildman–Crippen LogP) is 3.68. The van der Waals surface area contributed by atoms with Gasteiger partial charge in [-0.05, 0) is 66.8 Å². The van der Waals surface area contributed by atoms with Gasteiger partial charge in [0.2, 0.25) is 0 Å². The van der Waals surface area contributed by atoms with Gasteiger partial charge in [-0.2, -0.15) is 0 Å². The molecule has 0 aliphatic heterocycles. The average Bonchev–Trinajstić information content (AvgIpc) is 2.94. The largest absolute Gasteiger partial charge is 0.507 e. The zero-order valence-corrected chi connectivity index (χ0v) is 12.7. The highest BCUT2D eigenvalue weighted by Gasteiger charge is 2.16. The molecule has 21 heavy (non-hydrogen) atoms. The smallest absolute Gasteiger partial charge is 0.126 e. The van der Waals surface area contributed by atoms with Gasteiger partial charge in [0.25, 0.3) is 0 Å². The molecule has 0 amide bonds. The van der Waals surface area contributed by atoms with Crippen molar-refractivity contribution in [3.8, 4) is 11.5 Å². The summed E-state index contributed by atoms with van der Waals surface area (Å²) in [5.74, 6) is 1.05. The van der Waals surface area contributed by atoms with Crippen LogP contribution >= 0.6 is 12.2 Å². The van der Waals surface area contributed by atoms with Crippen molar-refractivity contribution in [1.82, 2.24) is 0 Å². The van der Waals surface area contributed by atoms with E-state index in [1.54, 1.807) is 7.11 Å². The quantitative estimate of drug-likeness (QED) is 0.848. The lowest BCUT2D eigenvalue weighted by atomic mass is 10.0. The van der Waals surface area contributed by atoms with E-state index in [9.17, 15) is 5.11 Å². The van der Waals surface area contributed by atoms with Crippen LogP contribution in [0, 0.1) is 0 Å². The first kappa shape index (κ1) is 13.9. The van der Waals surface area contributed by atoms with Crippen molar-refractivity contribution in [1.29, 1.82) is 0 Å². The molecule has 0 bridgehead atoms. The molecule has 0 fully saturated rings. The lowest BCUT2D eigenvalue weighted by Gasteiger charge is -2.12. The van der Waals surface area contributed by atoms with Crippen molar-refractivity contribution in [2.24, 2.45) is 0 Å². The third-order valence-electron chi connectivity index (χ3n) is 3.80. The number of methoxy groups -OCH3 is 1. The van der Waals surface area contributed by atoms with Crippen molar-refractivity contribution < 1.29 is 9.84 Å². The SMILES string of the molecule is COc1ccc(NC(=S)c2cc3c(cc2O)CCC3)cc1. The molecule has 0 aromatic heterocycles. The van der Waals surface area contributed by atoms with Crippen molar-refractivity contribution in [2.75, 3.05) is 12.4 Å². The first-order valence-electron chi connectivity index (χ1n) is 6.97. The molecule has 0 heterocycles. The van der Waals surface area contributed by atoms with Crippen molar-refractivity contribution in [3.63, 3.8) is 0 Å². The molecule has 0 saturated heterocycles. The Morgan fingerprint density at radius 3 is 2.48 bits per heavy atom. The normalized spacial score (nSPS) is 12.8. The fourth-order valence-corrected chi connectivity index (χ4v) is 2.95. The van der Waals surface area contributed by atoms with Crippen molar-refractivity contribution >= 4 is 22.9 Å². The second kappa shape index (κ2) is 5.74. The molecule has 0 spiro atoms. The molecule has 2 aromatic rings. The van der Waals surface area contributed by atoms with Gasteiger partial charge in [-0.15, -0.1) is 0 Å². The fraction of sp³-hybridized carbons (Fsp3) is 0.235. The molecule has 0 saturated carbocycles. The Labute approximate surface area is 129 Å². The number of anilines is 1. The number of fused-ring (bicyclic) bond motifs is 1. The minimum atomic E-state index is 0.252. The molecule has 2 N–H and O–H groups in total. The molecule has 4 heteroatoms. The van der Waals surface area contributed by atoms with Gasteiger partial charge in [-0.25, -0.2) is 0 Å². The lowest BCUT2D eigenvalue weighted by Crippen LogP contribution is -2.11. The van der Waals surface area contributed by atoms with Gasteiger partial charge in [0.1, 0.15) is 16.5 Å². The van der Waals surface area contributed by atoms with Crippen LogP contribution in [0.25, 0.3) is 0 Å². The van der Waals surface area contributed by atoms with E-state index in [-0.39, 0.29) is 5.75 Å². The van der Waals surface area contributed by atoms with Crippen molar-refractivity contribution in [3.05, 3.63) is 53.1 Å². The molecule has 108 valence electrons. The van der Waals surface area contributed by atoms with E-state index in [0.29, 0.717) is 10.6 Å². The van der Waals surface area contributed by atoms with E-state index in [4.69, 9.17) is 17.0 Å². The highest BCUT2D eigenvalue weighted by molar-refractivity contribution is 7.81. The molecule has 2 aromatic carbocycles. The molecule has 1 aliphatic rings. The third kappa shape index (κ3) is 2.85. The Hall–Kier alpha value is -2.07. The fourth-order valence-electron chi connectivity index (χ4n) is 2.67. The predicted molar refractivity (Wildman–Crippen MR) is 88.4 cm³/mol. The number of thiocarbonyl (C=S) groups is 1.